The van der Waals surface area contributed by atoms with Crippen molar-refractivity contribution < 1.29 is 0 Å². The van der Waals surface area contributed by atoms with E-state index in [-0.39, 0.29) is 0 Å². The molecule has 86 valence electrons. The second-order valence-electron chi connectivity index (χ2n) is 4.84. The summed E-state index contributed by atoms with van der Waals surface area (Å²) in [6.07, 6.45) is 7.93. The largest absolute Gasteiger partial charge is 0.387 e. The lowest BCUT2D eigenvalue weighted by Gasteiger charge is -2.13. The maximum atomic E-state index is 6.00. The van der Waals surface area contributed by atoms with Gasteiger partial charge in [-0.05, 0) is 38.8 Å². The highest BCUT2D eigenvalue weighted by molar-refractivity contribution is 5.83. The molecule has 0 spiro atoms. The van der Waals surface area contributed by atoms with E-state index in [0.717, 1.165) is 18.9 Å². The summed E-state index contributed by atoms with van der Waals surface area (Å²) in [5, 5.41) is 0. The Bertz CT molecular complexity index is 213. The minimum Gasteiger partial charge on any atom is -0.387 e. The van der Waals surface area contributed by atoms with Crippen LogP contribution in [0.15, 0.2) is 4.99 Å². The third kappa shape index (κ3) is 3.20. The zero-order valence-electron chi connectivity index (χ0n) is 9.62. The van der Waals surface area contributed by atoms with Gasteiger partial charge in [0.05, 0.1) is 12.4 Å². The molecule has 2 aliphatic rings. The fourth-order valence-corrected chi connectivity index (χ4v) is 2.68. The lowest BCUT2D eigenvalue weighted by molar-refractivity contribution is 0.349. The third-order valence-electron chi connectivity index (χ3n) is 3.68. The highest BCUT2D eigenvalue weighted by atomic mass is 15.1. The van der Waals surface area contributed by atoms with Crippen LogP contribution in [0.1, 0.15) is 38.5 Å². The van der Waals surface area contributed by atoms with Crippen LogP contribution >= 0.6 is 0 Å². The van der Waals surface area contributed by atoms with Gasteiger partial charge in [-0.25, -0.2) is 0 Å². The normalized spacial score (nSPS) is 25.2. The highest BCUT2D eigenvalue weighted by Crippen LogP contribution is 2.24. The number of aliphatic imine (C=N–C) groups is 1. The van der Waals surface area contributed by atoms with Crippen molar-refractivity contribution in [3.63, 3.8) is 0 Å². The van der Waals surface area contributed by atoms with Gasteiger partial charge in [-0.1, -0.05) is 12.8 Å². The molecule has 1 aliphatic carbocycles. The number of nitrogens with zero attached hydrogens (tertiary/aromatic N) is 2. The van der Waals surface area contributed by atoms with E-state index in [9.17, 15) is 0 Å². The molecule has 0 aromatic carbocycles. The molecule has 2 N–H and O–H groups in total. The molecule has 1 saturated carbocycles. The number of amidine groups is 1. The van der Waals surface area contributed by atoms with Gasteiger partial charge in [-0.15, -0.1) is 0 Å². The number of hydrogen-bond acceptors (Lipinski definition) is 2. The van der Waals surface area contributed by atoms with Gasteiger partial charge in [0.1, 0.15) is 0 Å². The molecule has 1 saturated heterocycles. The zero-order valence-corrected chi connectivity index (χ0v) is 9.62. The van der Waals surface area contributed by atoms with E-state index >= 15 is 0 Å². The second-order valence-corrected chi connectivity index (χ2v) is 4.84. The molecule has 0 aromatic rings. The predicted molar refractivity (Wildman–Crippen MR) is 64.1 cm³/mol. The van der Waals surface area contributed by atoms with Crippen LogP contribution in [-0.2, 0) is 0 Å². The molecule has 0 amide bonds. The van der Waals surface area contributed by atoms with E-state index in [4.69, 9.17) is 5.73 Å². The van der Waals surface area contributed by atoms with Gasteiger partial charge in [-0.3, -0.25) is 4.99 Å². The van der Waals surface area contributed by atoms with Crippen LogP contribution in [-0.4, -0.2) is 36.9 Å². The van der Waals surface area contributed by atoms with Crippen molar-refractivity contribution in [2.24, 2.45) is 16.6 Å². The summed E-state index contributed by atoms with van der Waals surface area (Å²) in [5.74, 6) is 1.52. The number of nitrogens with two attached hydrogens (primary N) is 1. The van der Waals surface area contributed by atoms with Gasteiger partial charge in [0, 0.05) is 12.5 Å². The number of hydrogen-bond donors (Lipinski definition) is 1. The minimum atomic E-state index is 0.601. The first-order valence-electron chi connectivity index (χ1n) is 6.38. The molecule has 2 fully saturated rings. The van der Waals surface area contributed by atoms with Crippen molar-refractivity contribution in [1.29, 1.82) is 0 Å². The third-order valence-corrected chi connectivity index (χ3v) is 3.68. The first kappa shape index (κ1) is 10.9. The van der Waals surface area contributed by atoms with E-state index in [2.05, 4.69) is 9.89 Å². The first-order chi connectivity index (χ1) is 7.36. The Morgan fingerprint density at radius 1 is 1.13 bits per heavy atom. The standard InChI is InChI=1S/C12H23N3/c13-12(11-5-1-2-6-11)14-7-10-15-8-3-4-9-15/h11H,1-10H2,(H2,13,14). The topological polar surface area (TPSA) is 41.6 Å². The van der Waals surface area contributed by atoms with Crippen molar-refractivity contribution in [2.45, 2.75) is 38.5 Å². The van der Waals surface area contributed by atoms with E-state index < -0.39 is 0 Å². The quantitative estimate of drug-likeness (QED) is 0.565. The van der Waals surface area contributed by atoms with Crippen molar-refractivity contribution >= 4 is 5.84 Å². The Morgan fingerprint density at radius 3 is 2.47 bits per heavy atom. The van der Waals surface area contributed by atoms with Crippen LogP contribution in [0.4, 0.5) is 0 Å². The SMILES string of the molecule is NC(=NCCN1CCCC1)C1CCCC1. The molecule has 0 bridgehead atoms. The Kier molecular flexibility index (Phi) is 4.01. The predicted octanol–water partition coefficient (Wildman–Crippen LogP) is 1.63. The summed E-state index contributed by atoms with van der Waals surface area (Å²) >= 11 is 0. The lowest BCUT2D eigenvalue weighted by Crippen LogP contribution is -2.26. The molecule has 15 heavy (non-hydrogen) atoms. The molecule has 1 aliphatic heterocycles. The van der Waals surface area contributed by atoms with Crippen LogP contribution in [0.3, 0.4) is 0 Å². The fourth-order valence-electron chi connectivity index (χ4n) is 2.68. The van der Waals surface area contributed by atoms with Crippen LogP contribution in [0.5, 0.6) is 0 Å². The lowest BCUT2D eigenvalue weighted by atomic mass is 10.1. The molecule has 0 radical (unpaired) electrons. The second kappa shape index (κ2) is 5.50. The molecule has 3 nitrogen and oxygen atoms in total. The number of rotatable bonds is 4. The smallest absolute Gasteiger partial charge is 0.0968 e. The number of likely N-dealkylation sites (tertiary alicyclic amines) is 1. The average Bonchev–Trinajstić information content (AvgIpc) is 2.90. The van der Waals surface area contributed by atoms with Crippen molar-refractivity contribution in [3.05, 3.63) is 0 Å². The molecule has 1 heterocycles. The van der Waals surface area contributed by atoms with Gasteiger partial charge in [-0.2, -0.15) is 0 Å². The van der Waals surface area contributed by atoms with Gasteiger partial charge < -0.3 is 10.6 Å². The summed E-state index contributed by atoms with van der Waals surface area (Å²) in [4.78, 5) is 7.01. The highest BCUT2D eigenvalue weighted by Gasteiger charge is 2.18. The molecular formula is C12H23N3. The summed E-state index contributed by atoms with van der Waals surface area (Å²) in [6.45, 7) is 4.54. The average molecular weight is 209 g/mol. The Labute approximate surface area is 92.7 Å². The molecular weight excluding hydrogens is 186 g/mol. The van der Waals surface area contributed by atoms with Crippen LogP contribution in [0, 0.1) is 5.92 Å². The monoisotopic (exact) mass is 209 g/mol. The van der Waals surface area contributed by atoms with Gasteiger partial charge in [0.25, 0.3) is 0 Å². The minimum absolute atomic E-state index is 0.601. The Morgan fingerprint density at radius 2 is 1.80 bits per heavy atom. The van der Waals surface area contributed by atoms with Crippen LogP contribution in [0.2, 0.25) is 0 Å². The van der Waals surface area contributed by atoms with E-state index in [1.54, 1.807) is 0 Å². The Balaban J connectivity index is 1.67. The van der Waals surface area contributed by atoms with Crippen molar-refractivity contribution in [2.75, 3.05) is 26.2 Å². The molecule has 0 aromatic heterocycles. The van der Waals surface area contributed by atoms with Crippen molar-refractivity contribution in [1.82, 2.24) is 4.90 Å². The van der Waals surface area contributed by atoms with Crippen molar-refractivity contribution in [3.8, 4) is 0 Å². The maximum absolute atomic E-state index is 6.00. The Hall–Kier alpha value is -0.570. The van der Waals surface area contributed by atoms with E-state index in [1.165, 1.54) is 51.6 Å². The summed E-state index contributed by atoms with van der Waals surface area (Å²) in [5.41, 5.74) is 6.00. The summed E-state index contributed by atoms with van der Waals surface area (Å²) in [7, 11) is 0. The zero-order chi connectivity index (χ0) is 10.5. The van der Waals surface area contributed by atoms with Gasteiger partial charge in [0.15, 0.2) is 0 Å². The van der Waals surface area contributed by atoms with E-state index in [1.807, 2.05) is 0 Å². The van der Waals surface area contributed by atoms with Gasteiger partial charge >= 0.3 is 0 Å². The first-order valence-corrected chi connectivity index (χ1v) is 6.38. The van der Waals surface area contributed by atoms with Crippen LogP contribution in [0.25, 0.3) is 0 Å². The molecule has 2 rings (SSSR count). The molecule has 3 heteroatoms. The summed E-state index contributed by atoms with van der Waals surface area (Å²) in [6, 6.07) is 0. The summed E-state index contributed by atoms with van der Waals surface area (Å²) < 4.78 is 0. The molecule has 0 unspecified atom stereocenters. The maximum Gasteiger partial charge on any atom is 0.0968 e. The molecule has 0 atom stereocenters. The fraction of sp³-hybridized carbons (Fsp3) is 0.917. The van der Waals surface area contributed by atoms with Gasteiger partial charge in [0.2, 0.25) is 0 Å². The van der Waals surface area contributed by atoms with Crippen LogP contribution < -0.4 is 5.73 Å². The van der Waals surface area contributed by atoms with E-state index in [0.29, 0.717) is 5.92 Å².